The van der Waals surface area contributed by atoms with Gasteiger partial charge in [-0.3, -0.25) is 15.1 Å². The molecule has 90 valence electrons. The molecule has 1 amide bonds. The van der Waals surface area contributed by atoms with Crippen molar-refractivity contribution in [1.82, 2.24) is 10.6 Å². The van der Waals surface area contributed by atoms with Gasteiger partial charge < -0.3 is 5.32 Å². The zero-order valence-corrected chi connectivity index (χ0v) is 10.3. The Kier molecular flexibility index (Phi) is 2.91. The lowest BCUT2D eigenvalue weighted by molar-refractivity contribution is -0.124. The van der Waals surface area contributed by atoms with Crippen LogP contribution in [0.25, 0.3) is 0 Å². The van der Waals surface area contributed by atoms with Crippen molar-refractivity contribution in [2.24, 2.45) is 10.9 Å². The highest BCUT2D eigenvalue weighted by Gasteiger charge is 2.43. The molecule has 1 aliphatic carbocycles. The van der Waals surface area contributed by atoms with Crippen molar-refractivity contribution in [3.63, 3.8) is 0 Å². The highest BCUT2D eigenvalue weighted by molar-refractivity contribution is 6.08. The largest absolute Gasteiger partial charge is 0.342 e. The van der Waals surface area contributed by atoms with Crippen LogP contribution in [0.15, 0.2) is 4.99 Å². The SMILES string of the molecule is CC(C)N=C1NC(=O)C(C)(CC2CCC2)N1. The van der Waals surface area contributed by atoms with Crippen molar-refractivity contribution < 1.29 is 4.79 Å². The second-order valence-corrected chi connectivity index (χ2v) is 5.48. The lowest BCUT2D eigenvalue weighted by Gasteiger charge is -2.32. The van der Waals surface area contributed by atoms with Gasteiger partial charge in [-0.2, -0.15) is 0 Å². The van der Waals surface area contributed by atoms with Gasteiger partial charge in [0.15, 0.2) is 5.96 Å². The molecule has 4 heteroatoms. The Labute approximate surface area is 96.9 Å². The molecule has 2 N–H and O–H groups in total. The minimum atomic E-state index is -0.446. The van der Waals surface area contributed by atoms with Crippen molar-refractivity contribution in [3.05, 3.63) is 0 Å². The smallest absolute Gasteiger partial charge is 0.252 e. The quantitative estimate of drug-likeness (QED) is 0.760. The third-order valence-electron chi connectivity index (χ3n) is 3.44. The first-order valence-electron chi connectivity index (χ1n) is 6.17. The maximum atomic E-state index is 11.9. The van der Waals surface area contributed by atoms with Crippen LogP contribution in [-0.2, 0) is 4.79 Å². The third kappa shape index (κ3) is 2.20. The standard InChI is InChI=1S/C12H21N3O/c1-8(2)13-11-14-10(16)12(3,15-11)7-9-5-4-6-9/h8-9H,4-7H2,1-3H3,(H2,13,14,15,16). The lowest BCUT2D eigenvalue weighted by atomic mass is 9.76. The van der Waals surface area contributed by atoms with Gasteiger partial charge in [0.1, 0.15) is 5.54 Å². The maximum Gasteiger partial charge on any atom is 0.252 e. The molecule has 0 radical (unpaired) electrons. The molecule has 1 atom stereocenters. The first-order valence-corrected chi connectivity index (χ1v) is 6.17. The van der Waals surface area contributed by atoms with Crippen molar-refractivity contribution >= 4 is 11.9 Å². The summed E-state index contributed by atoms with van der Waals surface area (Å²) in [5.74, 6) is 1.42. The molecule has 2 fully saturated rings. The number of carbonyl (C=O) groups excluding carboxylic acids is 1. The molecule has 1 saturated heterocycles. The molecule has 16 heavy (non-hydrogen) atoms. The second kappa shape index (κ2) is 4.07. The minimum absolute atomic E-state index is 0.0683. The fraction of sp³-hybridized carbons (Fsp3) is 0.833. The molecule has 0 bridgehead atoms. The van der Waals surface area contributed by atoms with Gasteiger partial charge in [-0.05, 0) is 33.1 Å². The van der Waals surface area contributed by atoms with Gasteiger partial charge in [-0.15, -0.1) is 0 Å². The van der Waals surface area contributed by atoms with Crippen LogP contribution in [0.5, 0.6) is 0 Å². The molecular weight excluding hydrogens is 202 g/mol. The van der Waals surface area contributed by atoms with E-state index in [0.29, 0.717) is 11.9 Å². The molecule has 1 saturated carbocycles. The van der Waals surface area contributed by atoms with E-state index in [9.17, 15) is 4.79 Å². The molecule has 2 aliphatic rings. The Morgan fingerprint density at radius 2 is 2.19 bits per heavy atom. The highest BCUT2D eigenvalue weighted by Crippen LogP contribution is 2.34. The number of carbonyl (C=O) groups is 1. The molecule has 1 heterocycles. The van der Waals surface area contributed by atoms with Crippen LogP contribution in [0.3, 0.4) is 0 Å². The van der Waals surface area contributed by atoms with Crippen molar-refractivity contribution in [1.29, 1.82) is 0 Å². The summed E-state index contributed by atoms with van der Waals surface area (Å²) >= 11 is 0. The maximum absolute atomic E-state index is 11.9. The van der Waals surface area contributed by atoms with Crippen LogP contribution in [0.1, 0.15) is 46.5 Å². The summed E-state index contributed by atoms with van der Waals surface area (Å²) in [4.78, 5) is 16.3. The van der Waals surface area contributed by atoms with Gasteiger partial charge >= 0.3 is 0 Å². The molecular formula is C12H21N3O. The van der Waals surface area contributed by atoms with E-state index in [1.165, 1.54) is 19.3 Å². The fourth-order valence-electron chi connectivity index (χ4n) is 2.34. The average Bonchev–Trinajstić information content (AvgIpc) is 2.35. The molecule has 1 unspecified atom stereocenters. The highest BCUT2D eigenvalue weighted by atomic mass is 16.2. The summed E-state index contributed by atoms with van der Waals surface area (Å²) < 4.78 is 0. The molecule has 2 rings (SSSR count). The summed E-state index contributed by atoms with van der Waals surface area (Å²) in [6.07, 6.45) is 4.77. The predicted molar refractivity (Wildman–Crippen MR) is 64.2 cm³/mol. The van der Waals surface area contributed by atoms with Gasteiger partial charge in [0, 0.05) is 6.04 Å². The van der Waals surface area contributed by atoms with E-state index in [2.05, 4.69) is 15.6 Å². The normalized spacial score (nSPS) is 32.8. The van der Waals surface area contributed by atoms with E-state index < -0.39 is 5.54 Å². The number of rotatable bonds is 3. The van der Waals surface area contributed by atoms with Crippen LogP contribution < -0.4 is 10.6 Å². The number of nitrogens with zero attached hydrogens (tertiary/aromatic N) is 1. The van der Waals surface area contributed by atoms with Crippen LogP contribution in [0, 0.1) is 5.92 Å². The molecule has 0 spiro atoms. The van der Waals surface area contributed by atoms with E-state index >= 15 is 0 Å². The zero-order valence-electron chi connectivity index (χ0n) is 10.3. The van der Waals surface area contributed by atoms with E-state index in [0.717, 1.165) is 6.42 Å². The minimum Gasteiger partial charge on any atom is -0.342 e. The zero-order chi connectivity index (χ0) is 11.8. The Hall–Kier alpha value is -1.06. The topological polar surface area (TPSA) is 53.5 Å². The summed E-state index contributed by atoms with van der Waals surface area (Å²) in [5, 5.41) is 6.07. The average molecular weight is 223 g/mol. The number of hydrogen-bond donors (Lipinski definition) is 2. The first-order chi connectivity index (χ1) is 7.49. The van der Waals surface area contributed by atoms with E-state index in [1.807, 2.05) is 20.8 Å². The van der Waals surface area contributed by atoms with Crippen molar-refractivity contribution in [2.45, 2.75) is 58.0 Å². The van der Waals surface area contributed by atoms with E-state index in [4.69, 9.17) is 0 Å². The number of amides is 1. The number of guanidine groups is 1. The van der Waals surface area contributed by atoms with Crippen LogP contribution in [0.2, 0.25) is 0 Å². The lowest BCUT2D eigenvalue weighted by Crippen LogP contribution is -2.46. The predicted octanol–water partition coefficient (Wildman–Crippen LogP) is 1.42. The number of nitrogens with one attached hydrogen (secondary N) is 2. The number of hydrogen-bond acceptors (Lipinski definition) is 2. The summed E-state index contributed by atoms with van der Waals surface area (Å²) in [6.45, 7) is 5.98. The summed E-state index contributed by atoms with van der Waals surface area (Å²) in [6, 6.07) is 0.203. The molecule has 4 nitrogen and oxygen atoms in total. The van der Waals surface area contributed by atoms with Crippen molar-refractivity contribution in [2.75, 3.05) is 0 Å². The van der Waals surface area contributed by atoms with Gasteiger partial charge in [0.2, 0.25) is 0 Å². The second-order valence-electron chi connectivity index (χ2n) is 5.48. The van der Waals surface area contributed by atoms with E-state index in [-0.39, 0.29) is 11.9 Å². The first kappa shape index (κ1) is 11.4. The van der Waals surface area contributed by atoms with Gasteiger partial charge in [-0.25, -0.2) is 0 Å². The third-order valence-corrected chi connectivity index (χ3v) is 3.44. The molecule has 0 aromatic carbocycles. The van der Waals surface area contributed by atoms with Crippen LogP contribution in [0.4, 0.5) is 0 Å². The Balaban J connectivity index is 2.02. The van der Waals surface area contributed by atoms with Crippen LogP contribution in [-0.4, -0.2) is 23.4 Å². The Bertz CT molecular complexity index is 320. The molecule has 0 aromatic rings. The van der Waals surface area contributed by atoms with Crippen molar-refractivity contribution in [3.8, 4) is 0 Å². The Morgan fingerprint density at radius 3 is 2.69 bits per heavy atom. The van der Waals surface area contributed by atoms with Gasteiger partial charge in [-0.1, -0.05) is 19.3 Å². The fourth-order valence-corrected chi connectivity index (χ4v) is 2.34. The van der Waals surface area contributed by atoms with Gasteiger partial charge in [0.05, 0.1) is 0 Å². The van der Waals surface area contributed by atoms with Crippen LogP contribution >= 0.6 is 0 Å². The summed E-state index contributed by atoms with van der Waals surface area (Å²) in [7, 11) is 0. The molecule has 1 aliphatic heterocycles. The summed E-state index contributed by atoms with van der Waals surface area (Å²) in [5.41, 5.74) is -0.446. The number of aliphatic imine (C=N–C) groups is 1. The molecule has 0 aromatic heterocycles. The van der Waals surface area contributed by atoms with Gasteiger partial charge in [0.25, 0.3) is 5.91 Å². The Morgan fingerprint density at radius 1 is 1.50 bits per heavy atom. The monoisotopic (exact) mass is 223 g/mol. The van der Waals surface area contributed by atoms with E-state index in [1.54, 1.807) is 0 Å².